The topological polar surface area (TPSA) is 76.4 Å². The van der Waals surface area contributed by atoms with Gasteiger partial charge in [-0.05, 0) is 64.5 Å². The Bertz CT molecular complexity index is 752. The summed E-state index contributed by atoms with van der Waals surface area (Å²) in [5.41, 5.74) is -0.158. The lowest BCUT2D eigenvalue weighted by atomic mass is 9.74. The number of carbonyl (C=O) groups excluding carboxylic acids is 1. The number of hydrogen-bond donors (Lipinski definition) is 3. The molecule has 0 aliphatic heterocycles. The largest absolute Gasteiger partial charge is 0.390 e. The zero-order valence-electron chi connectivity index (χ0n) is 18.6. The molecule has 2 rings (SSSR count). The van der Waals surface area contributed by atoms with Crippen molar-refractivity contribution in [2.75, 3.05) is 12.4 Å². The van der Waals surface area contributed by atoms with Crippen LogP contribution >= 0.6 is 0 Å². The molecule has 0 bridgehead atoms. The van der Waals surface area contributed by atoms with Gasteiger partial charge in [0.05, 0.1) is 22.8 Å². The van der Waals surface area contributed by atoms with Gasteiger partial charge in [0.2, 0.25) is 5.91 Å². The second-order valence-corrected chi connectivity index (χ2v) is 8.87. The van der Waals surface area contributed by atoms with Crippen LogP contribution in [0.3, 0.4) is 0 Å². The number of carbonyl (C=O) groups is 1. The SMILES string of the molecule is CCC1(O)CC(C)CC(N(C(=O)C(C)C(=N)c2c(F)cccc2NC)C(C)C)C1. The first kappa shape index (κ1) is 23.3. The molecule has 3 N–H and O–H groups in total. The third-order valence-corrected chi connectivity index (χ3v) is 6.24. The lowest BCUT2D eigenvalue weighted by Crippen LogP contribution is -2.54. The number of amides is 1. The molecule has 1 fully saturated rings. The monoisotopic (exact) mass is 405 g/mol. The molecule has 1 aromatic carbocycles. The molecule has 0 radical (unpaired) electrons. The van der Waals surface area contributed by atoms with Crippen molar-refractivity contribution < 1.29 is 14.3 Å². The molecule has 162 valence electrons. The molecule has 6 heteroatoms. The van der Waals surface area contributed by atoms with Crippen LogP contribution in [0.2, 0.25) is 0 Å². The maximum absolute atomic E-state index is 14.5. The average molecular weight is 406 g/mol. The van der Waals surface area contributed by atoms with E-state index < -0.39 is 17.3 Å². The van der Waals surface area contributed by atoms with E-state index >= 15 is 0 Å². The quantitative estimate of drug-likeness (QED) is 0.587. The molecule has 5 nitrogen and oxygen atoms in total. The van der Waals surface area contributed by atoms with Gasteiger partial charge in [-0.3, -0.25) is 4.79 Å². The number of nitrogens with one attached hydrogen (secondary N) is 2. The van der Waals surface area contributed by atoms with Gasteiger partial charge >= 0.3 is 0 Å². The van der Waals surface area contributed by atoms with Crippen LogP contribution < -0.4 is 5.32 Å². The van der Waals surface area contributed by atoms with E-state index in [1.54, 1.807) is 26.1 Å². The lowest BCUT2D eigenvalue weighted by molar-refractivity contribution is -0.142. The molecule has 1 aromatic rings. The maximum Gasteiger partial charge on any atom is 0.231 e. The van der Waals surface area contributed by atoms with Gasteiger partial charge in [0.15, 0.2) is 0 Å². The normalized spacial score (nSPS) is 25.6. The molecular formula is C23H36FN3O2. The number of benzene rings is 1. The molecule has 4 unspecified atom stereocenters. The Morgan fingerprint density at radius 2 is 2.03 bits per heavy atom. The van der Waals surface area contributed by atoms with Crippen molar-refractivity contribution >= 4 is 17.3 Å². The van der Waals surface area contributed by atoms with Crippen LogP contribution in [-0.2, 0) is 4.79 Å². The highest BCUT2D eigenvalue weighted by Gasteiger charge is 2.42. The van der Waals surface area contributed by atoms with Crippen molar-refractivity contribution in [3.63, 3.8) is 0 Å². The second-order valence-electron chi connectivity index (χ2n) is 8.87. The first-order valence-electron chi connectivity index (χ1n) is 10.6. The van der Waals surface area contributed by atoms with Crippen LogP contribution in [0.15, 0.2) is 18.2 Å². The highest BCUT2D eigenvalue weighted by Crippen LogP contribution is 2.38. The van der Waals surface area contributed by atoms with E-state index in [1.165, 1.54) is 6.07 Å². The van der Waals surface area contributed by atoms with Crippen molar-refractivity contribution in [3.8, 4) is 0 Å². The number of aliphatic hydroxyl groups is 1. The first-order valence-corrected chi connectivity index (χ1v) is 10.6. The van der Waals surface area contributed by atoms with Gasteiger partial charge in [-0.1, -0.05) is 19.9 Å². The average Bonchev–Trinajstić information content (AvgIpc) is 2.65. The van der Waals surface area contributed by atoms with Crippen LogP contribution in [0.25, 0.3) is 0 Å². The summed E-state index contributed by atoms with van der Waals surface area (Å²) in [7, 11) is 1.67. The van der Waals surface area contributed by atoms with Crippen molar-refractivity contribution in [3.05, 3.63) is 29.6 Å². The predicted molar refractivity (Wildman–Crippen MR) is 116 cm³/mol. The Hall–Kier alpha value is -1.95. The maximum atomic E-state index is 14.5. The predicted octanol–water partition coefficient (Wildman–Crippen LogP) is 4.44. The molecule has 0 spiro atoms. The zero-order valence-corrected chi connectivity index (χ0v) is 18.6. The fourth-order valence-electron chi connectivity index (χ4n) is 4.73. The summed E-state index contributed by atoms with van der Waals surface area (Å²) in [5, 5.41) is 22.4. The standard InChI is InChI=1S/C23H36FN3O2/c1-7-23(29)12-15(4)11-17(13-23)27(14(2)3)22(28)16(5)21(25)20-18(24)9-8-10-19(20)26-6/h8-10,14-17,25-26,29H,7,11-13H2,1-6H3. The third-order valence-electron chi connectivity index (χ3n) is 6.24. The van der Waals surface area contributed by atoms with E-state index in [2.05, 4.69) is 12.2 Å². The van der Waals surface area contributed by atoms with E-state index in [9.17, 15) is 14.3 Å². The smallest absolute Gasteiger partial charge is 0.231 e. The van der Waals surface area contributed by atoms with Gasteiger partial charge in [0, 0.05) is 24.8 Å². The molecule has 29 heavy (non-hydrogen) atoms. The van der Waals surface area contributed by atoms with E-state index in [0.717, 1.165) is 12.8 Å². The summed E-state index contributed by atoms with van der Waals surface area (Å²) >= 11 is 0. The summed E-state index contributed by atoms with van der Waals surface area (Å²) in [6.07, 6.45) is 2.76. The Kier molecular flexibility index (Phi) is 7.44. The Morgan fingerprint density at radius 3 is 2.59 bits per heavy atom. The molecule has 4 atom stereocenters. The van der Waals surface area contributed by atoms with Gasteiger partial charge in [-0.15, -0.1) is 0 Å². The summed E-state index contributed by atoms with van der Waals surface area (Å²) in [4.78, 5) is 15.3. The lowest BCUT2D eigenvalue weighted by Gasteiger charge is -2.46. The van der Waals surface area contributed by atoms with Gasteiger partial charge in [-0.25, -0.2) is 4.39 Å². The molecule has 1 aliphatic carbocycles. The fraction of sp³-hybridized carbons (Fsp3) is 0.652. The summed E-state index contributed by atoms with van der Waals surface area (Å²) in [6, 6.07) is 4.44. The van der Waals surface area contributed by atoms with E-state index in [-0.39, 0.29) is 29.3 Å². The molecule has 1 aliphatic rings. The van der Waals surface area contributed by atoms with Crippen LogP contribution in [0.4, 0.5) is 10.1 Å². The zero-order chi connectivity index (χ0) is 21.9. The van der Waals surface area contributed by atoms with Crippen LogP contribution in [-0.4, -0.2) is 46.4 Å². The number of rotatable bonds is 7. The number of halogens is 1. The first-order chi connectivity index (χ1) is 13.5. The Labute approximate surface area is 174 Å². The molecule has 0 saturated heterocycles. The van der Waals surface area contributed by atoms with E-state index in [0.29, 0.717) is 24.4 Å². The number of nitrogens with zero attached hydrogens (tertiary/aromatic N) is 1. The summed E-state index contributed by atoms with van der Waals surface area (Å²) < 4.78 is 14.5. The minimum absolute atomic E-state index is 0.0299. The van der Waals surface area contributed by atoms with Gasteiger partial charge in [-0.2, -0.15) is 0 Å². The molecule has 1 saturated carbocycles. The highest BCUT2D eigenvalue weighted by molar-refractivity contribution is 6.14. The summed E-state index contributed by atoms with van der Waals surface area (Å²) in [6.45, 7) is 9.68. The highest BCUT2D eigenvalue weighted by atomic mass is 19.1. The van der Waals surface area contributed by atoms with E-state index in [1.807, 2.05) is 25.7 Å². The van der Waals surface area contributed by atoms with Crippen molar-refractivity contribution in [2.24, 2.45) is 11.8 Å². The Balaban J connectivity index is 2.33. The molecular weight excluding hydrogens is 369 g/mol. The van der Waals surface area contributed by atoms with Gasteiger partial charge in [0.1, 0.15) is 5.82 Å². The van der Waals surface area contributed by atoms with Crippen LogP contribution in [0.1, 0.15) is 65.9 Å². The minimum Gasteiger partial charge on any atom is -0.390 e. The fourth-order valence-corrected chi connectivity index (χ4v) is 4.73. The van der Waals surface area contributed by atoms with Crippen LogP contribution in [0.5, 0.6) is 0 Å². The Morgan fingerprint density at radius 1 is 1.38 bits per heavy atom. The second kappa shape index (κ2) is 9.24. The minimum atomic E-state index is -0.784. The summed E-state index contributed by atoms with van der Waals surface area (Å²) in [5.74, 6) is -1.17. The van der Waals surface area contributed by atoms with Gasteiger partial charge in [0.25, 0.3) is 0 Å². The molecule has 0 aromatic heterocycles. The molecule has 1 amide bonds. The van der Waals surface area contributed by atoms with Crippen molar-refractivity contribution in [2.45, 2.75) is 78.0 Å². The third kappa shape index (κ3) is 4.97. The van der Waals surface area contributed by atoms with Crippen LogP contribution in [0, 0.1) is 23.1 Å². The van der Waals surface area contributed by atoms with Crippen molar-refractivity contribution in [1.82, 2.24) is 4.90 Å². The van der Waals surface area contributed by atoms with Gasteiger partial charge < -0.3 is 20.7 Å². The van der Waals surface area contributed by atoms with E-state index in [4.69, 9.17) is 5.41 Å². The molecule has 0 heterocycles. The van der Waals surface area contributed by atoms with Crippen molar-refractivity contribution in [1.29, 1.82) is 5.41 Å². The number of hydrogen-bond acceptors (Lipinski definition) is 4. The number of anilines is 1.